The van der Waals surface area contributed by atoms with Crippen molar-refractivity contribution in [3.8, 4) is 11.3 Å². The predicted octanol–water partition coefficient (Wildman–Crippen LogP) is 2.16. The number of aromatic nitrogens is 4. The fourth-order valence-corrected chi connectivity index (χ4v) is 2.37. The lowest BCUT2D eigenvalue weighted by Gasteiger charge is -2.09. The molecule has 2 aromatic heterocycles. The van der Waals surface area contributed by atoms with Crippen LogP contribution in [0.25, 0.3) is 11.3 Å². The first-order valence-corrected chi connectivity index (χ1v) is 8.04. The van der Waals surface area contributed by atoms with Gasteiger partial charge in [0.05, 0.1) is 12.2 Å². The second kappa shape index (κ2) is 7.57. The summed E-state index contributed by atoms with van der Waals surface area (Å²) in [6, 6.07) is 13.2. The third-order valence-electron chi connectivity index (χ3n) is 3.77. The van der Waals surface area contributed by atoms with Crippen LogP contribution >= 0.6 is 0 Å². The highest BCUT2D eigenvalue weighted by Crippen LogP contribution is 2.15. The van der Waals surface area contributed by atoms with Crippen molar-refractivity contribution in [2.24, 2.45) is 0 Å². The monoisotopic (exact) mass is 336 g/mol. The van der Waals surface area contributed by atoms with Gasteiger partial charge in [-0.15, -0.1) is 0 Å². The van der Waals surface area contributed by atoms with Gasteiger partial charge in [-0.3, -0.25) is 4.79 Å². The fraction of sp³-hybridized carbons (Fsp3) is 0.222. The molecule has 0 amide bonds. The van der Waals surface area contributed by atoms with Gasteiger partial charge in [-0.05, 0) is 13.0 Å². The number of nitrogens with one attached hydrogen (secondary N) is 2. The summed E-state index contributed by atoms with van der Waals surface area (Å²) in [4.78, 5) is 20.2. The first-order valence-electron chi connectivity index (χ1n) is 8.04. The molecule has 7 heteroatoms. The molecule has 0 bridgehead atoms. The molecule has 1 aromatic carbocycles. The van der Waals surface area contributed by atoms with E-state index in [4.69, 9.17) is 0 Å². The molecule has 0 atom stereocenters. The van der Waals surface area contributed by atoms with Crippen molar-refractivity contribution < 1.29 is 0 Å². The summed E-state index contributed by atoms with van der Waals surface area (Å²) in [7, 11) is 1.80. The third kappa shape index (κ3) is 4.20. The summed E-state index contributed by atoms with van der Waals surface area (Å²) in [5, 5.41) is 10.6. The van der Waals surface area contributed by atoms with Gasteiger partial charge in [0.2, 0.25) is 0 Å². The maximum Gasteiger partial charge on any atom is 0.266 e. The molecular weight excluding hydrogens is 316 g/mol. The number of anilines is 2. The van der Waals surface area contributed by atoms with Crippen LogP contribution in [0.3, 0.4) is 0 Å². The van der Waals surface area contributed by atoms with Crippen LogP contribution in [-0.2, 0) is 6.54 Å². The fourth-order valence-electron chi connectivity index (χ4n) is 2.37. The smallest absolute Gasteiger partial charge is 0.266 e. The van der Waals surface area contributed by atoms with E-state index in [0.29, 0.717) is 18.9 Å². The molecule has 7 nitrogen and oxygen atoms in total. The Hall–Kier alpha value is -3.22. The van der Waals surface area contributed by atoms with Gasteiger partial charge in [-0.1, -0.05) is 29.8 Å². The van der Waals surface area contributed by atoms with Crippen LogP contribution in [-0.4, -0.2) is 33.3 Å². The molecule has 128 valence electrons. The Morgan fingerprint density at radius 3 is 2.56 bits per heavy atom. The second-order valence-corrected chi connectivity index (χ2v) is 5.61. The lowest BCUT2D eigenvalue weighted by Crippen LogP contribution is -2.25. The Kier molecular flexibility index (Phi) is 5.03. The Balaban J connectivity index is 1.70. The number of benzene rings is 1. The molecule has 0 unspecified atom stereocenters. The van der Waals surface area contributed by atoms with Crippen LogP contribution in [0.15, 0.2) is 53.6 Å². The van der Waals surface area contributed by atoms with E-state index in [1.807, 2.05) is 31.2 Å². The maximum absolute atomic E-state index is 12.0. The number of rotatable bonds is 6. The van der Waals surface area contributed by atoms with Crippen molar-refractivity contribution in [1.82, 2.24) is 19.7 Å². The van der Waals surface area contributed by atoms with E-state index < -0.39 is 0 Å². The Bertz CT molecular complexity index is 904. The van der Waals surface area contributed by atoms with Crippen LogP contribution in [0.2, 0.25) is 0 Å². The first kappa shape index (κ1) is 16.6. The minimum atomic E-state index is -0.128. The SMILES string of the molecule is CNc1cc(NCCn2nc(-c3ccc(C)cc3)ccc2=O)ncn1. The molecule has 0 spiro atoms. The van der Waals surface area contributed by atoms with E-state index in [0.717, 1.165) is 17.1 Å². The molecule has 0 radical (unpaired) electrons. The van der Waals surface area contributed by atoms with Crippen molar-refractivity contribution in [2.45, 2.75) is 13.5 Å². The van der Waals surface area contributed by atoms with E-state index in [2.05, 4.69) is 25.7 Å². The molecule has 0 saturated carbocycles. The van der Waals surface area contributed by atoms with Gasteiger partial charge >= 0.3 is 0 Å². The second-order valence-electron chi connectivity index (χ2n) is 5.61. The molecule has 0 saturated heterocycles. The standard InChI is InChI=1S/C18H20N6O/c1-13-3-5-14(6-4-13)15-7-8-18(25)24(23-15)10-9-20-17-11-16(19-2)21-12-22-17/h3-8,11-12H,9-10H2,1-2H3,(H2,19,20,21,22). The van der Waals surface area contributed by atoms with E-state index >= 15 is 0 Å². The van der Waals surface area contributed by atoms with Crippen LogP contribution in [0.4, 0.5) is 11.6 Å². The Morgan fingerprint density at radius 2 is 1.80 bits per heavy atom. The molecule has 25 heavy (non-hydrogen) atoms. The molecule has 2 N–H and O–H groups in total. The van der Waals surface area contributed by atoms with Crippen LogP contribution in [0.5, 0.6) is 0 Å². The quantitative estimate of drug-likeness (QED) is 0.717. The summed E-state index contributed by atoms with van der Waals surface area (Å²) >= 11 is 0. The van der Waals surface area contributed by atoms with Crippen molar-refractivity contribution >= 4 is 11.6 Å². The summed E-state index contributed by atoms with van der Waals surface area (Å²) in [6.45, 7) is 3.01. The predicted molar refractivity (Wildman–Crippen MR) is 98.7 cm³/mol. The van der Waals surface area contributed by atoms with Gasteiger partial charge in [-0.25, -0.2) is 14.6 Å². The minimum absolute atomic E-state index is 0.128. The topological polar surface area (TPSA) is 84.7 Å². The molecule has 2 heterocycles. The maximum atomic E-state index is 12.0. The van der Waals surface area contributed by atoms with E-state index in [-0.39, 0.29) is 5.56 Å². The number of hydrogen-bond donors (Lipinski definition) is 2. The lowest BCUT2D eigenvalue weighted by atomic mass is 10.1. The molecule has 3 rings (SSSR count). The van der Waals surface area contributed by atoms with Gasteiger partial charge in [0.15, 0.2) is 0 Å². The van der Waals surface area contributed by atoms with Gasteiger partial charge in [-0.2, -0.15) is 5.10 Å². The number of aryl methyl sites for hydroxylation is 1. The normalized spacial score (nSPS) is 10.5. The lowest BCUT2D eigenvalue weighted by molar-refractivity contribution is 0.600. The van der Waals surface area contributed by atoms with E-state index in [9.17, 15) is 4.79 Å². The van der Waals surface area contributed by atoms with Crippen LogP contribution in [0.1, 0.15) is 5.56 Å². The van der Waals surface area contributed by atoms with Crippen molar-refractivity contribution in [1.29, 1.82) is 0 Å². The van der Waals surface area contributed by atoms with Crippen molar-refractivity contribution in [3.05, 3.63) is 64.7 Å². The summed E-state index contributed by atoms with van der Waals surface area (Å²) in [5.41, 5.74) is 2.82. The first-order chi connectivity index (χ1) is 12.2. The zero-order valence-corrected chi connectivity index (χ0v) is 14.2. The zero-order valence-electron chi connectivity index (χ0n) is 14.2. The highest BCUT2D eigenvalue weighted by Gasteiger charge is 2.04. The summed E-state index contributed by atoms with van der Waals surface area (Å²) < 4.78 is 1.46. The number of hydrogen-bond acceptors (Lipinski definition) is 6. The Labute approximate surface area is 145 Å². The molecule has 0 aliphatic heterocycles. The van der Waals surface area contributed by atoms with Gasteiger partial charge in [0, 0.05) is 31.3 Å². The third-order valence-corrected chi connectivity index (χ3v) is 3.77. The minimum Gasteiger partial charge on any atom is -0.373 e. The molecule has 0 aliphatic rings. The van der Waals surface area contributed by atoms with Gasteiger partial charge < -0.3 is 10.6 Å². The summed E-state index contributed by atoms with van der Waals surface area (Å²) in [5.74, 6) is 1.43. The molecule has 0 aliphatic carbocycles. The van der Waals surface area contributed by atoms with E-state index in [1.165, 1.54) is 16.6 Å². The van der Waals surface area contributed by atoms with Gasteiger partial charge in [0.1, 0.15) is 18.0 Å². The summed E-state index contributed by atoms with van der Waals surface area (Å²) in [6.07, 6.45) is 1.48. The average Bonchev–Trinajstić information content (AvgIpc) is 2.64. The Morgan fingerprint density at radius 1 is 1.04 bits per heavy atom. The average molecular weight is 336 g/mol. The molecule has 3 aromatic rings. The van der Waals surface area contributed by atoms with Crippen LogP contribution < -0.4 is 16.2 Å². The van der Waals surface area contributed by atoms with Crippen LogP contribution in [0, 0.1) is 6.92 Å². The van der Waals surface area contributed by atoms with E-state index in [1.54, 1.807) is 25.2 Å². The van der Waals surface area contributed by atoms with Gasteiger partial charge in [0.25, 0.3) is 5.56 Å². The zero-order chi connectivity index (χ0) is 17.6. The highest BCUT2D eigenvalue weighted by molar-refractivity contribution is 5.58. The number of nitrogens with zero attached hydrogens (tertiary/aromatic N) is 4. The van der Waals surface area contributed by atoms with Crippen molar-refractivity contribution in [3.63, 3.8) is 0 Å². The molecular formula is C18H20N6O. The molecule has 0 fully saturated rings. The highest BCUT2D eigenvalue weighted by atomic mass is 16.1. The van der Waals surface area contributed by atoms with Crippen molar-refractivity contribution in [2.75, 3.05) is 24.2 Å². The largest absolute Gasteiger partial charge is 0.373 e.